The van der Waals surface area contributed by atoms with Crippen LogP contribution in [0.1, 0.15) is 83.8 Å². The van der Waals surface area contributed by atoms with E-state index in [-0.39, 0.29) is 29.8 Å². The smallest absolute Gasteiger partial charge is 0.333 e. The van der Waals surface area contributed by atoms with E-state index >= 15 is 0 Å². The van der Waals surface area contributed by atoms with E-state index in [2.05, 4.69) is 27.0 Å². The van der Waals surface area contributed by atoms with Gasteiger partial charge in [-0.25, -0.2) is 14.8 Å². The van der Waals surface area contributed by atoms with Crippen molar-refractivity contribution in [2.45, 2.75) is 95.8 Å². The number of allylic oxidation sites excluding steroid dienone is 1. The van der Waals surface area contributed by atoms with Crippen molar-refractivity contribution >= 4 is 47.1 Å². The summed E-state index contributed by atoms with van der Waals surface area (Å²) in [7, 11) is 0. The van der Waals surface area contributed by atoms with Crippen LogP contribution in [-0.4, -0.2) is 59.9 Å². The van der Waals surface area contributed by atoms with Crippen molar-refractivity contribution in [3.8, 4) is 5.75 Å². The average Bonchev–Trinajstić information content (AvgIpc) is 3.49. The maximum atomic E-state index is 13.7. The molecule has 2 aliphatic heterocycles. The molecule has 43 heavy (non-hydrogen) atoms. The second-order valence-electron chi connectivity index (χ2n) is 10.9. The maximum absolute atomic E-state index is 13.7. The number of carbonyl (C=O) groups excluding carboxylic acids is 4. The summed E-state index contributed by atoms with van der Waals surface area (Å²) >= 11 is 2.85. The lowest BCUT2D eigenvalue weighted by Crippen LogP contribution is -2.42. The van der Waals surface area contributed by atoms with Crippen LogP contribution in [0.15, 0.2) is 50.0 Å². The summed E-state index contributed by atoms with van der Waals surface area (Å²) in [5.41, 5.74) is 3.19. The lowest BCUT2D eigenvalue weighted by Gasteiger charge is -2.27. The number of fused-ring (bicyclic) bond motifs is 1. The van der Waals surface area contributed by atoms with Gasteiger partial charge in [0.2, 0.25) is 0 Å². The standard InChI is InChI=1S/C33H44N2O6S2/c1-8-10-16-34-30(37)27(31(38)35(34)17-11-9-2)33-42-28-24(14-12-19-41-32(39)22(5)6)23(7)20-26(29(28)43-33)40-18-13-15-25(36)21(3)4/h20H,3,5,8-19H2,1-2,4,6-7H3. The van der Waals surface area contributed by atoms with E-state index in [1.54, 1.807) is 23.9 Å². The van der Waals surface area contributed by atoms with Gasteiger partial charge in [0, 0.05) is 30.0 Å². The lowest BCUT2D eigenvalue weighted by molar-refractivity contribution is -0.147. The Labute approximate surface area is 264 Å². The molecule has 0 aromatic heterocycles. The first-order valence-electron chi connectivity index (χ1n) is 15.1. The molecule has 0 bridgehead atoms. The number of hydrazine groups is 1. The fourth-order valence-corrected chi connectivity index (χ4v) is 7.53. The van der Waals surface area contributed by atoms with Gasteiger partial charge >= 0.3 is 5.97 Å². The quantitative estimate of drug-likeness (QED) is 0.0792. The molecule has 0 unspecified atom stereocenters. The number of rotatable bonds is 17. The molecule has 1 fully saturated rings. The number of amides is 2. The maximum Gasteiger partial charge on any atom is 0.333 e. The van der Waals surface area contributed by atoms with Crippen molar-refractivity contribution in [3.63, 3.8) is 0 Å². The van der Waals surface area contributed by atoms with Crippen molar-refractivity contribution < 1.29 is 28.7 Å². The van der Waals surface area contributed by atoms with E-state index in [0.29, 0.717) is 66.5 Å². The molecule has 0 spiro atoms. The zero-order valence-corrected chi connectivity index (χ0v) is 27.8. The zero-order valence-electron chi connectivity index (χ0n) is 26.1. The molecule has 1 aromatic rings. The highest BCUT2D eigenvalue weighted by Crippen LogP contribution is 2.58. The Bertz CT molecular complexity index is 1290. The first-order valence-corrected chi connectivity index (χ1v) is 16.7. The van der Waals surface area contributed by atoms with Crippen molar-refractivity contribution in [1.29, 1.82) is 0 Å². The number of nitrogens with zero attached hydrogens (tertiary/aromatic N) is 2. The van der Waals surface area contributed by atoms with Gasteiger partial charge in [-0.1, -0.05) is 63.4 Å². The Hall–Kier alpha value is -2.98. The number of ketones is 1. The Morgan fingerprint density at radius 2 is 1.47 bits per heavy atom. The van der Waals surface area contributed by atoms with Crippen LogP contribution in [-0.2, 0) is 30.3 Å². The summed E-state index contributed by atoms with van der Waals surface area (Å²) < 4.78 is 12.2. The number of esters is 1. The summed E-state index contributed by atoms with van der Waals surface area (Å²) in [5.74, 6) is -0.218. The number of thioether (sulfide) groups is 2. The number of unbranched alkanes of at least 4 members (excludes halogenated alkanes) is 2. The van der Waals surface area contributed by atoms with Gasteiger partial charge in [-0.3, -0.25) is 14.4 Å². The van der Waals surface area contributed by atoms with Gasteiger partial charge in [0.25, 0.3) is 11.8 Å². The number of ether oxygens (including phenoxy) is 2. The first kappa shape index (κ1) is 34.5. The highest BCUT2D eigenvalue weighted by Gasteiger charge is 2.44. The summed E-state index contributed by atoms with van der Waals surface area (Å²) in [6.07, 6.45) is 5.64. The van der Waals surface area contributed by atoms with E-state index in [1.165, 1.54) is 23.5 Å². The molecule has 1 saturated heterocycles. The summed E-state index contributed by atoms with van der Waals surface area (Å²) in [5, 5.41) is 3.23. The van der Waals surface area contributed by atoms with Gasteiger partial charge in [0.1, 0.15) is 11.3 Å². The molecule has 0 N–H and O–H groups in total. The molecule has 0 radical (unpaired) electrons. The normalized spacial score (nSPS) is 14.4. The summed E-state index contributed by atoms with van der Waals surface area (Å²) in [6.45, 7) is 18.4. The van der Waals surface area contributed by atoms with Crippen LogP contribution in [0.4, 0.5) is 0 Å². The molecule has 2 amide bonds. The second kappa shape index (κ2) is 16.2. The Morgan fingerprint density at radius 1 is 0.860 bits per heavy atom. The third-order valence-electron chi connectivity index (χ3n) is 7.19. The predicted molar refractivity (Wildman–Crippen MR) is 172 cm³/mol. The van der Waals surface area contributed by atoms with Gasteiger partial charge in [-0.2, -0.15) is 0 Å². The number of aryl methyl sites for hydroxylation is 1. The van der Waals surface area contributed by atoms with E-state index in [0.717, 1.165) is 46.6 Å². The molecule has 234 valence electrons. The minimum Gasteiger partial charge on any atom is -0.492 e. The van der Waals surface area contributed by atoms with Crippen LogP contribution in [0.3, 0.4) is 0 Å². The van der Waals surface area contributed by atoms with Crippen LogP contribution in [0, 0.1) is 6.92 Å². The number of hydrogen-bond donors (Lipinski definition) is 0. The minimum absolute atomic E-state index is 0.0168. The fraction of sp³-hybridized carbons (Fsp3) is 0.515. The second-order valence-corrected chi connectivity index (χ2v) is 13.2. The summed E-state index contributed by atoms with van der Waals surface area (Å²) in [4.78, 5) is 53.0. The van der Waals surface area contributed by atoms with Gasteiger partial charge in [-0.15, -0.1) is 0 Å². The Balaban J connectivity index is 1.92. The van der Waals surface area contributed by atoms with Crippen LogP contribution >= 0.6 is 23.5 Å². The molecule has 1 aromatic carbocycles. The third-order valence-corrected chi connectivity index (χ3v) is 9.86. The molecule has 8 nitrogen and oxygen atoms in total. The van der Waals surface area contributed by atoms with Gasteiger partial charge in [0.15, 0.2) is 5.78 Å². The highest BCUT2D eigenvalue weighted by molar-refractivity contribution is 8.24. The van der Waals surface area contributed by atoms with Gasteiger partial charge < -0.3 is 9.47 Å². The van der Waals surface area contributed by atoms with Crippen LogP contribution in [0.5, 0.6) is 5.75 Å². The van der Waals surface area contributed by atoms with Crippen LogP contribution < -0.4 is 4.74 Å². The number of hydrogen-bond acceptors (Lipinski definition) is 8. The van der Waals surface area contributed by atoms with Crippen molar-refractivity contribution in [2.75, 3.05) is 26.3 Å². The summed E-state index contributed by atoms with van der Waals surface area (Å²) in [6, 6.07) is 1.98. The number of benzene rings is 1. The molecule has 0 aliphatic carbocycles. The minimum atomic E-state index is -0.411. The average molecular weight is 629 g/mol. The fourth-order valence-electron chi connectivity index (χ4n) is 4.68. The third kappa shape index (κ3) is 8.56. The van der Waals surface area contributed by atoms with E-state index in [1.807, 2.05) is 13.0 Å². The SMILES string of the molecule is C=C(C)C(=O)CCCOc1cc(C)c(CCCOC(=O)C(=C)C)c2c1SC(=C1C(=O)N(CCCC)N(CCCC)C1=O)S2. The number of Topliss-reactive ketones (excluding diaryl/α,β-unsaturated/α-hetero) is 1. The number of carbonyl (C=O) groups is 4. The molecule has 2 heterocycles. The molecule has 10 heteroatoms. The van der Waals surface area contributed by atoms with E-state index in [9.17, 15) is 19.2 Å². The highest BCUT2D eigenvalue weighted by atomic mass is 32.2. The molecule has 0 atom stereocenters. The molecular weight excluding hydrogens is 585 g/mol. The van der Waals surface area contributed by atoms with Gasteiger partial charge in [-0.05, 0) is 75.6 Å². The Morgan fingerprint density at radius 3 is 2.02 bits per heavy atom. The van der Waals surface area contributed by atoms with Crippen molar-refractivity contribution in [2.24, 2.45) is 0 Å². The molecule has 3 rings (SSSR count). The molecular formula is C33H44N2O6S2. The van der Waals surface area contributed by atoms with Crippen molar-refractivity contribution in [3.05, 3.63) is 51.3 Å². The predicted octanol–water partition coefficient (Wildman–Crippen LogP) is 6.95. The van der Waals surface area contributed by atoms with Crippen LogP contribution in [0.25, 0.3) is 0 Å². The lowest BCUT2D eigenvalue weighted by atomic mass is 10.0. The largest absolute Gasteiger partial charge is 0.492 e. The zero-order chi connectivity index (χ0) is 31.7. The van der Waals surface area contributed by atoms with E-state index in [4.69, 9.17) is 9.47 Å². The Kier molecular flexibility index (Phi) is 13.0. The first-order chi connectivity index (χ1) is 20.5. The van der Waals surface area contributed by atoms with Gasteiger partial charge in [0.05, 0.1) is 22.3 Å². The van der Waals surface area contributed by atoms with Crippen LogP contribution in [0.2, 0.25) is 0 Å². The topological polar surface area (TPSA) is 93.2 Å². The molecule has 2 aliphatic rings. The van der Waals surface area contributed by atoms with Crippen molar-refractivity contribution in [1.82, 2.24) is 10.0 Å². The monoisotopic (exact) mass is 628 g/mol. The molecule has 0 saturated carbocycles. The van der Waals surface area contributed by atoms with E-state index < -0.39 is 5.97 Å².